The van der Waals surface area contributed by atoms with Gasteiger partial charge in [0.1, 0.15) is 5.82 Å². The number of hydrogen-bond donors (Lipinski definition) is 1. The summed E-state index contributed by atoms with van der Waals surface area (Å²) in [4.78, 5) is 11.3. The first kappa shape index (κ1) is 14.6. The molecule has 2 atom stereocenters. The van der Waals surface area contributed by atoms with Gasteiger partial charge < -0.3 is 10.1 Å². The topological polar surface area (TPSA) is 38.3 Å². The van der Waals surface area contributed by atoms with Crippen LogP contribution in [-0.4, -0.2) is 18.6 Å². The number of benzene rings is 1. The zero-order valence-electron chi connectivity index (χ0n) is 11.1. The van der Waals surface area contributed by atoms with Crippen LogP contribution in [0.2, 0.25) is 0 Å². The highest BCUT2D eigenvalue weighted by molar-refractivity contribution is 5.70. The molecule has 0 spiro atoms. The van der Waals surface area contributed by atoms with Crippen molar-refractivity contribution < 1.29 is 13.9 Å². The summed E-state index contributed by atoms with van der Waals surface area (Å²) in [7, 11) is 0. The lowest BCUT2D eigenvalue weighted by Gasteiger charge is -2.19. The Balaban J connectivity index is 2.49. The maximum absolute atomic E-state index is 13.1. The third kappa shape index (κ3) is 4.84. The smallest absolute Gasteiger partial charge is 0.307 e. The van der Waals surface area contributed by atoms with Crippen LogP contribution >= 0.6 is 0 Å². The van der Waals surface area contributed by atoms with Crippen LogP contribution in [0.15, 0.2) is 24.3 Å². The number of nitrogens with one attached hydrogen (secondary N) is 1. The van der Waals surface area contributed by atoms with Gasteiger partial charge in [-0.25, -0.2) is 4.39 Å². The molecule has 0 aliphatic heterocycles. The average molecular weight is 253 g/mol. The minimum absolute atomic E-state index is 0.00914. The van der Waals surface area contributed by atoms with E-state index in [2.05, 4.69) is 5.32 Å². The van der Waals surface area contributed by atoms with Crippen LogP contribution in [0, 0.1) is 5.82 Å². The van der Waals surface area contributed by atoms with Gasteiger partial charge in [0.2, 0.25) is 0 Å². The number of hydrogen-bond acceptors (Lipinski definition) is 3. The number of ether oxygens (including phenoxy) is 1. The van der Waals surface area contributed by atoms with Crippen molar-refractivity contribution in [2.45, 2.75) is 39.3 Å². The van der Waals surface area contributed by atoms with Crippen molar-refractivity contribution in [3.8, 4) is 0 Å². The molecule has 0 aliphatic rings. The predicted octanol–water partition coefficient (Wildman–Crippen LogP) is 2.82. The summed E-state index contributed by atoms with van der Waals surface area (Å²) in [6, 6.07) is 6.43. The van der Waals surface area contributed by atoms with E-state index in [-0.39, 0.29) is 23.9 Å². The normalized spacial score (nSPS) is 14.0. The SMILES string of the molecule is CCOC(=O)CC(C)NC(C)c1cccc(F)c1. The lowest BCUT2D eigenvalue weighted by Crippen LogP contribution is -2.31. The van der Waals surface area contributed by atoms with Crippen LogP contribution < -0.4 is 5.32 Å². The lowest BCUT2D eigenvalue weighted by atomic mass is 10.1. The standard InChI is InChI=1S/C14H20FNO2/c1-4-18-14(17)8-10(2)16-11(3)12-6-5-7-13(15)9-12/h5-7,9-11,16H,4,8H2,1-3H3. The van der Waals surface area contributed by atoms with E-state index in [1.807, 2.05) is 19.9 Å². The Labute approximate surface area is 107 Å². The second kappa shape index (κ2) is 7.11. The fourth-order valence-electron chi connectivity index (χ4n) is 1.83. The number of rotatable bonds is 6. The molecule has 18 heavy (non-hydrogen) atoms. The zero-order valence-corrected chi connectivity index (χ0v) is 11.1. The molecule has 0 radical (unpaired) electrons. The van der Waals surface area contributed by atoms with Gasteiger partial charge in [0.15, 0.2) is 0 Å². The number of esters is 1. The van der Waals surface area contributed by atoms with Crippen LogP contribution in [0.25, 0.3) is 0 Å². The highest BCUT2D eigenvalue weighted by atomic mass is 19.1. The zero-order chi connectivity index (χ0) is 13.5. The van der Waals surface area contributed by atoms with Crippen LogP contribution in [0.5, 0.6) is 0 Å². The van der Waals surface area contributed by atoms with Crippen LogP contribution in [0.3, 0.4) is 0 Å². The minimum Gasteiger partial charge on any atom is -0.466 e. The third-order valence-corrected chi connectivity index (χ3v) is 2.66. The number of halogens is 1. The van der Waals surface area contributed by atoms with Crippen molar-refractivity contribution in [1.82, 2.24) is 5.32 Å². The Morgan fingerprint density at radius 2 is 2.17 bits per heavy atom. The molecule has 0 heterocycles. The second-order valence-corrected chi connectivity index (χ2v) is 4.35. The van der Waals surface area contributed by atoms with Crippen LogP contribution in [0.1, 0.15) is 38.8 Å². The molecule has 3 nitrogen and oxygen atoms in total. The Morgan fingerprint density at radius 3 is 2.78 bits per heavy atom. The lowest BCUT2D eigenvalue weighted by molar-refractivity contribution is -0.143. The van der Waals surface area contributed by atoms with Crippen molar-refractivity contribution in [3.63, 3.8) is 0 Å². The van der Waals surface area contributed by atoms with E-state index in [0.717, 1.165) is 5.56 Å². The molecule has 0 amide bonds. The van der Waals surface area contributed by atoms with E-state index < -0.39 is 0 Å². The van der Waals surface area contributed by atoms with Gasteiger partial charge >= 0.3 is 5.97 Å². The van der Waals surface area contributed by atoms with Gasteiger partial charge in [0, 0.05) is 12.1 Å². The molecule has 0 aromatic heterocycles. The largest absolute Gasteiger partial charge is 0.466 e. The predicted molar refractivity (Wildman–Crippen MR) is 68.7 cm³/mol. The summed E-state index contributed by atoms with van der Waals surface area (Å²) in [6.07, 6.45) is 0.313. The molecule has 1 N–H and O–H groups in total. The summed E-state index contributed by atoms with van der Waals surface area (Å²) in [5, 5.41) is 3.25. The number of carbonyl (C=O) groups is 1. The minimum atomic E-state index is -0.251. The Hall–Kier alpha value is -1.42. The first-order valence-corrected chi connectivity index (χ1v) is 6.20. The van der Waals surface area contributed by atoms with E-state index in [9.17, 15) is 9.18 Å². The summed E-state index contributed by atoms with van der Waals surface area (Å²) in [5.41, 5.74) is 0.866. The van der Waals surface area contributed by atoms with Gasteiger partial charge in [0.25, 0.3) is 0 Å². The van der Waals surface area contributed by atoms with Crippen LogP contribution in [0.4, 0.5) is 4.39 Å². The van der Waals surface area contributed by atoms with Gasteiger partial charge in [-0.3, -0.25) is 4.79 Å². The Kier molecular flexibility index (Phi) is 5.78. The highest BCUT2D eigenvalue weighted by Crippen LogP contribution is 2.14. The molecular weight excluding hydrogens is 233 g/mol. The maximum Gasteiger partial charge on any atom is 0.307 e. The van der Waals surface area contributed by atoms with Crippen molar-refractivity contribution in [1.29, 1.82) is 0 Å². The maximum atomic E-state index is 13.1. The van der Waals surface area contributed by atoms with Crippen molar-refractivity contribution in [3.05, 3.63) is 35.6 Å². The molecule has 0 saturated heterocycles. The first-order valence-electron chi connectivity index (χ1n) is 6.20. The quantitative estimate of drug-likeness (QED) is 0.792. The molecule has 0 saturated carbocycles. The molecule has 1 aromatic carbocycles. The molecule has 1 aromatic rings. The summed E-state index contributed by atoms with van der Waals surface area (Å²) in [6.45, 7) is 6.03. The molecule has 4 heteroatoms. The third-order valence-electron chi connectivity index (χ3n) is 2.66. The van der Waals surface area contributed by atoms with E-state index in [4.69, 9.17) is 4.74 Å². The molecule has 2 unspecified atom stereocenters. The summed E-state index contributed by atoms with van der Waals surface area (Å²) < 4.78 is 18.0. The van der Waals surface area contributed by atoms with E-state index in [1.54, 1.807) is 13.0 Å². The van der Waals surface area contributed by atoms with Gasteiger partial charge in [-0.2, -0.15) is 0 Å². The van der Waals surface area contributed by atoms with Gasteiger partial charge in [-0.1, -0.05) is 12.1 Å². The van der Waals surface area contributed by atoms with E-state index >= 15 is 0 Å². The highest BCUT2D eigenvalue weighted by Gasteiger charge is 2.13. The monoisotopic (exact) mass is 253 g/mol. The Morgan fingerprint density at radius 1 is 1.44 bits per heavy atom. The van der Waals surface area contributed by atoms with Crippen LogP contribution in [-0.2, 0) is 9.53 Å². The average Bonchev–Trinajstić information content (AvgIpc) is 2.28. The van der Waals surface area contributed by atoms with E-state index in [1.165, 1.54) is 12.1 Å². The van der Waals surface area contributed by atoms with Gasteiger partial charge in [0.05, 0.1) is 13.0 Å². The van der Waals surface area contributed by atoms with Crippen molar-refractivity contribution in [2.75, 3.05) is 6.61 Å². The molecule has 0 aliphatic carbocycles. The fourth-order valence-corrected chi connectivity index (χ4v) is 1.83. The van der Waals surface area contributed by atoms with Crippen molar-refractivity contribution >= 4 is 5.97 Å². The molecule has 0 fully saturated rings. The fraction of sp³-hybridized carbons (Fsp3) is 0.500. The van der Waals surface area contributed by atoms with Gasteiger partial charge in [-0.05, 0) is 38.5 Å². The Bertz CT molecular complexity index is 395. The van der Waals surface area contributed by atoms with Gasteiger partial charge in [-0.15, -0.1) is 0 Å². The van der Waals surface area contributed by atoms with E-state index in [0.29, 0.717) is 13.0 Å². The first-order chi connectivity index (χ1) is 8.52. The van der Waals surface area contributed by atoms with Crippen molar-refractivity contribution in [2.24, 2.45) is 0 Å². The summed E-state index contributed by atoms with van der Waals surface area (Å²) in [5.74, 6) is -0.469. The molecule has 1 rings (SSSR count). The second-order valence-electron chi connectivity index (χ2n) is 4.35. The molecule has 0 bridgehead atoms. The molecular formula is C14H20FNO2. The number of carbonyl (C=O) groups excluding carboxylic acids is 1. The molecule has 100 valence electrons. The summed E-state index contributed by atoms with van der Waals surface area (Å²) >= 11 is 0.